The van der Waals surface area contributed by atoms with Crippen molar-refractivity contribution in [1.29, 1.82) is 0 Å². The highest BCUT2D eigenvalue weighted by molar-refractivity contribution is 6.11. The smallest absolute Gasteiger partial charge is 0.160 e. The lowest BCUT2D eigenvalue weighted by atomic mass is 9.80. The van der Waals surface area contributed by atoms with Crippen LogP contribution in [0.25, 0.3) is 0 Å². The van der Waals surface area contributed by atoms with Crippen molar-refractivity contribution in [3.05, 3.63) is 24.3 Å². The van der Waals surface area contributed by atoms with Gasteiger partial charge >= 0.3 is 0 Å². The van der Waals surface area contributed by atoms with Crippen molar-refractivity contribution in [3.63, 3.8) is 0 Å². The topological polar surface area (TPSA) is 110 Å². The number of nitrogens with two attached hydrogens (primary N) is 2. The van der Waals surface area contributed by atoms with Gasteiger partial charge in [0.1, 0.15) is 5.54 Å². The van der Waals surface area contributed by atoms with E-state index < -0.39 is 5.54 Å². The molecule has 0 radical (unpaired) electrons. The molecule has 6 heteroatoms. The third-order valence-corrected chi connectivity index (χ3v) is 12.6. The predicted molar refractivity (Wildman–Crippen MR) is 266 cm³/mol. The van der Waals surface area contributed by atoms with Gasteiger partial charge in [0, 0.05) is 12.8 Å². The van der Waals surface area contributed by atoms with E-state index in [-0.39, 0.29) is 11.6 Å². The summed E-state index contributed by atoms with van der Waals surface area (Å²) < 4.78 is 0. The Balaban J connectivity index is 4.41. The molecule has 60 heavy (non-hydrogen) atoms. The van der Waals surface area contributed by atoms with Crippen LogP contribution in [0, 0.1) is 0 Å². The number of carbonyl (C=O) groups is 2. The van der Waals surface area contributed by atoms with Crippen LogP contribution in [-0.2, 0) is 9.59 Å². The minimum Gasteiger partial charge on any atom is -0.330 e. The zero-order valence-corrected chi connectivity index (χ0v) is 40.6. The first kappa shape index (κ1) is 58.7. The molecule has 0 spiro atoms. The molecule has 0 aromatic rings. The Morgan fingerprint density at radius 1 is 0.383 bits per heavy atom. The molecule has 0 aliphatic rings. The SMILES string of the molecule is CCCCCCCC/C=C\CCCCCCCCCCCC(=O)C(CCN)(NCCCCNCCCN)C(=O)CCCCCCCCCCC/C=C\CCCCCCCC. The molecule has 0 aromatic heterocycles. The quantitative estimate of drug-likeness (QED) is 0.0276. The molecule has 0 aromatic carbocycles. The first-order valence-corrected chi connectivity index (χ1v) is 26.8. The number of Topliss-reactive ketones (excluding diaryl/α,β-unsaturated/α-hetero) is 2. The third-order valence-electron chi connectivity index (χ3n) is 12.6. The van der Waals surface area contributed by atoms with Crippen LogP contribution in [0.4, 0.5) is 0 Å². The van der Waals surface area contributed by atoms with Gasteiger partial charge < -0.3 is 16.8 Å². The molecule has 0 saturated carbocycles. The van der Waals surface area contributed by atoms with E-state index in [0.717, 1.165) is 58.0 Å². The maximum absolute atomic E-state index is 13.9. The van der Waals surface area contributed by atoms with Crippen molar-refractivity contribution >= 4 is 11.6 Å². The Morgan fingerprint density at radius 3 is 1.05 bits per heavy atom. The van der Waals surface area contributed by atoms with Gasteiger partial charge in [0.2, 0.25) is 0 Å². The molecule has 0 aliphatic heterocycles. The first-order chi connectivity index (χ1) is 29.6. The lowest BCUT2D eigenvalue weighted by Gasteiger charge is -2.32. The zero-order chi connectivity index (χ0) is 43.7. The number of hydrogen-bond acceptors (Lipinski definition) is 6. The van der Waals surface area contributed by atoms with Gasteiger partial charge in [0.25, 0.3) is 0 Å². The van der Waals surface area contributed by atoms with Crippen LogP contribution in [0.2, 0.25) is 0 Å². The molecule has 0 saturated heterocycles. The van der Waals surface area contributed by atoms with Crippen molar-refractivity contribution in [1.82, 2.24) is 10.6 Å². The van der Waals surface area contributed by atoms with E-state index in [0.29, 0.717) is 38.9 Å². The Bertz CT molecular complexity index is 890. The molecule has 6 nitrogen and oxygen atoms in total. The summed E-state index contributed by atoms with van der Waals surface area (Å²) in [5.74, 6) is 0.154. The maximum atomic E-state index is 13.9. The van der Waals surface area contributed by atoms with E-state index >= 15 is 0 Å². The van der Waals surface area contributed by atoms with Crippen LogP contribution in [-0.4, -0.2) is 49.8 Å². The lowest BCUT2D eigenvalue weighted by Crippen LogP contribution is -2.59. The molecule has 354 valence electrons. The molecule has 0 fully saturated rings. The molecular weight excluding hydrogens is 737 g/mol. The fourth-order valence-corrected chi connectivity index (χ4v) is 8.52. The normalized spacial score (nSPS) is 12.1. The number of unbranched alkanes of at least 4 members (excludes halogenated alkanes) is 31. The van der Waals surface area contributed by atoms with Crippen LogP contribution >= 0.6 is 0 Å². The molecule has 0 atom stereocenters. The summed E-state index contributed by atoms with van der Waals surface area (Å²) >= 11 is 0. The standard InChI is InChI=1S/C54H106N4O2/c1-3-5-7-9-11-13-15-17-19-21-23-25-27-29-31-33-35-37-39-44-52(59)54(46-48-56,58-51-42-41-49-57-50-43-47-55)53(60)45-40-38-36-34-32-30-28-26-24-22-20-18-16-14-12-10-8-6-4-2/h17-20,57-58H,3-16,21-51,55-56H2,1-2H3/b19-17-,20-18-. The monoisotopic (exact) mass is 843 g/mol. The summed E-state index contributed by atoms with van der Waals surface area (Å²) in [5.41, 5.74) is 10.6. The van der Waals surface area contributed by atoms with Crippen molar-refractivity contribution in [3.8, 4) is 0 Å². The number of allylic oxidation sites excluding steroid dienone is 4. The highest BCUT2D eigenvalue weighted by Crippen LogP contribution is 2.23. The van der Waals surface area contributed by atoms with Crippen molar-refractivity contribution in [2.45, 2.75) is 276 Å². The van der Waals surface area contributed by atoms with Crippen molar-refractivity contribution in [2.24, 2.45) is 11.5 Å². The van der Waals surface area contributed by atoms with Crippen molar-refractivity contribution < 1.29 is 9.59 Å². The summed E-state index contributed by atoms with van der Waals surface area (Å²) in [6.07, 6.45) is 57.3. The second-order valence-corrected chi connectivity index (χ2v) is 18.3. The summed E-state index contributed by atoms with van der Waals surface area (Å²) in [4.78, 5) is 27.9. The van der Waals surface area contributed by atoms with Gasteiger partial charge in [0.05, 0.1) is 0 Å². The van der Waals surface area contributed by atoms with Gasteiger partial charge in [-0.1, -0.05) is 192 Å². The van der Waals surface area contributed by atoms with Crippen LogP contribution in [0.5, 0.6) is 0 Å². The Hall–Kier alpha value is -1.34. The van der Waals surface area contributed by atoms with Crippen LogP contribution in [0.3, 0.4) is 0 Å². The van der Waals surface area contributed by atoms with Gasteiger partial charge in [0.15, 0.2) is 11.6 Å². The van der Waals surface area contributed by atoms with E-state index in [4.69, 9.17) is 11.5 Å². The van der Waals surface area contributed by atoms with Gasteiger partial charge in [-0.15, -0.1) is 0 Å². The average molecular weight is 843 g/mol. The van der Waals surface area contributed by atoms with E-state index in [9.17, 15) is 9.59 Å². The second kappa shape index (κ2) is 48.7. The lowest BCUT2D eigenvalue weighted by molar-refractivity contribution is -0.137. The number of hydrogen-bond donors (Lipinski definition) is 4. The summed E-state index contributed by atoms with van der Waals surface area (Å²) in [6, 6.07) is 0. The number of ketones is 2. The number of nitrogens with one attached hydrogen (secondary N) is 2. The van der Waals surface area contributed by atoms with Crippen molar-refractivity contribution in [2.75, 3.05) is 32.7 Å². The summed E-state index contributed by atoms with van der Waals surface area (Å²) in [6.45, 7) is 8.15. The second-order valence-electron chi connectivity index (χ2n) is 18.3. The van der Waals surface area contributed by atoms with Gasteiger partial charge in [-0.2, -0.15) is 0 Å². The summed E-state index contributed by atoms with van der Waals surface area (Å²) in [5, 5.41) is 6.96. The molecule has 0 heterocycles. The minimum atomic E-state index is -1.12. The first-order valence-electron chi connectivity index (χ1n) is 26.8. The number of carbonyl (C=O) groups excluding carboxylic acids is 2. The molecular formula is C54H106N4O2. The summed E-state index contributed by atoms with van der Waals surface area (Å²) in [7, 11) is 0. The largest absolute Gasteiger partial charge is 0.330 e. The van der Waals surface area contributed by atoms with E-state index in [1.807, 2.05) is 0 Å². The molecule has 0 rings (SSSR count). The Morgan fingerprint density at radius 2 is 0.700 bits per heavy atom. The molecule has 0 unspecified atom stereocenters. The van der Waals surface area contributed by atoms with Crippen LogP contribution in [0.1, 0.15) is 271 Å². The minimum absolute atomic E-state index is 0.0772. The van der Waals surface area contributed by atoms with E-state index in [2.05, 4.69) is 48.8 Å². The number of rotatable bonds is 51. The van der Waals surface area contributed by atoms with Crippen LogP contribution in [0.15, 0.2) is 24.3 Å². The highest BCUT2D eigenvalue weighted by atomic mass is 16.2. The van der Waals surface area contributed by atoms with Gasteiger partial charge in [-0.25, -0.2) is 0 Å². The average Bonchev–Trinajstić information content (AvgIpc) is 3.25. The molecule has 0 aliphatic carbocycles. The zero-order valence-electron chi connectivity index (χ0n) is 40.6. The fourth-order valence-electron chi connectivity index (χ4n) is 8.52. The third kappa shape index (κ3) is 38.3. The fraction of sp³-hybridized carbons (Fsp3) is 0.889. The highest BCUT2D eigenvalue weighted by Gasteiger charge is 2.42. The van der Waals surface area contributed by atoms with E-state index in [1.54, 1.807) is 0 Å². The Kier molecular flexibility index (Phi) is 47.6. The molecule has 0 bridgehead atoms. The molecule has 0 amide bonds. The predicted octanol–water partition coefficient (Wildman–Crippen LogP) is 14.7. The van der Waals surface area contributed by atoms with E-state index in [1.165, 1.54) is 193 Å². The van der Waals surface area contributed by atoms with Gasteiger partial charge in [-0.05, 0) is 123 Å². The molecule has 6 N–H and O–H groups in total. The maximum Gasteiger partial charge on any atom is 0.160 e. The van der Waals surface area contributed by atoms with Gasteiger partial charge in [-0.3, -0.25) is 14.9 Å². The Labute approximate surface area is 375 Å². The van der Waals surface area contributed by atoms with Crippen LogP contribution < -0.4 is 22.1 Å².